The highest BCUT2D eigenvalue weighted by Crippen LogP contribution is 2.39. The van der Waals surface area contributed by atoms with Crippen molar-refractivity contribution in [3.63, 3.8) is 0 Å². The summed E-state index contributed by atoms with van der Waals surface area (Å²) in [5.74, 6) is 0. The van der Waals surface area contributed by atoms with Gasteiger partial charge in [-0.05, 0) is 25.7 Å². The van der Waals surface area contributed by atoms with Gasteiger partial charge < -0.3 is 0 Å². The van der Waals surface area contributed by atoms with E-state index < -0.39 is 10.0 Å². The number of sulfonamides is 1. The molecule has 2 aliphatic rings. The molecular weight excluding hydrogens is 254 g/mol. The Labute approximate surface area is 87.7 Å². The van der Waals surface area contributed by atoms with Crippen LogP contribution in [0.4, 0.5) is 0 Å². The van der Waals surface area contributed by atoms with Gasteiger partial charge in [0.25, 0.3) is 0 Å². The van der Waals surface area contributed by atoms with E-state index in [1.54, 1.807) is 4.31 Å². The first-order chi connectivity index (χ1) is 5.98. The maximum Gasteiger partial charge on any atom is 0.211 e. The van der Waals surface area contributed by atoms with Crippen molar-refractivity contribution in [2.45, 2.75) is 42.6 Å². The molecule has 2 saturated heterocycles. The quantitative estimate of drug-likeness (QED) is 0.673. The molecule has 0 aliphatic carbocycles. The molecular formula is C8H14BrNO2S. The standard InChI is InChI=1S/C8H14BrNO2S/c1-13(11,12)10-7-2-3-8(10)5-6(9)4-7/h6-8H,2-5H2,1H3. The third kappa shape index (κ3) is 1.78. The van der Waals surface area contributed by atoms with Crippen molar-refractivity contribution in [2.75, 3.05) is 6.26 Å². The topological polar surface area (TPSA) is 37.4 Å². The predicted octanol–water partition coefficient (Wildman–Crippen LogP) is 1.34. The summed E-state index contributed by atoms with van der Waals surface area (Å²) in [7, 11) is -2.97. The van der Waals surface area contributed by atoms with Crippen molar-refractivity contribution in [3.05, 3.63) is 0 Å². The molecule has 2 fully saturated rings. The zero-order valence-electron chi connectivity index (χ0n) is 7.61. The van der Waals surface area contributed by atoms with Crippen molar-refractivity contribution >= 4 is 26.0 Å². The summed E-state index contributed by atoms with van der Waals surface area (Å²) >= 11 is 3.58. The second-order valence-corrected chi connectivity index (χ2v) is 7.23. The van der Waals surface area contributed by atoms with E-state index in [-0.39, 0.29) is 12.1 Å². The monoisotopic (exact) mass is 267 g/mol. The Hall–Kier alpha value is 0.390. The van der Waals surface area contributed by atoms with E-state index in [1.807, 2.05) is 0 Å². The molecule has 13 heavy (non-hydrogen) atoms. The zero-order chi connectivity index (χ0) is 9.64. The minimum atomic E-state index is -2.97. The molecule has 2 aliphatic heterocycles. The number of piperidine rings is 1. The summed E-state index contributed by atoms with van der Waals surface area (Å²) in [6.07, 6.45) is 5.36. The minimum absolute atomic E-state index is 0.262. The molecule has 0 N–H and O–H groups in total. The van der Waals surface area contributed by atoms with E-state index in [2.05, 4.69) is 15.9 Å². The third-order valence-electron chi connectivity index (χ3n) is 2.99. The van der Waals surface area contributed by atoms with Gasteiger partial charge in [-0.1, -0.05) is 15.9 Å². The van der Waals surface area contributed by atoms with E-state index in [0.29, 0.717) is 4.83 Å². The summed E-state index contributed by atoms with van der Waals surface area (Å²) in [4.78, 5) is 0.517. The number of halogens is 1. The highest BCUT2D eigenvalue weighted by Gasteiger charge is 2.44. The lowest BCUT2D eigenvalue weighted by molar-refractivity contribution is 0.257. The molecule has 0 aromatic rings. The minimum Gasteiger partial charge on any atom is -0.212 e. The Morgan fingerprint density at radius 1 is 1.23 bits per heavy atom. The van der Waals surface area contributed by atoms with Gasteiger partial charge in [-0.15, -0.1) is 0 Å². The van der Waals surface area contributed by atoms with Crippen molar-refractivity contribution in [3.8, 4) is 0 Å². The van der Waals surface area contributed by atoms with Gasteiger partial charge in [0.2, 0.25) is 10.0 Å². The Bertz CT molecular complexity index is 289. The third-order valence-corrected chi connectivity index (χ3v) is 5.10. The maximum absolute atomic E-state index is 11.5. The average Bonchev–Trinajstić information content (AvgIpc) is 2.23. The first-order valence-corrected chi connectivity index (χ1v) is 7.37. The van der Waals surface area contributed by atoms with E-state index in [0.717, 1.165) is 25.7 Å². The smallest absolute Gasteiger partial charge is 0.211 e. The number of rotatable bonds is 1. The summed E-state index contributed by atoms with van der Waals surface area (Å²) in [5, 5.41) is 0. The Balaban J connectivity index is 2.25. The Morgan fingerprint density at radius 2 is 1.69 bits per heavy atom. The van der Waals surface area contributed by atoms with E-state index in [1.165, 1.54) is 6.26 Å². The molecule has 5 heteroatoms. The fourth-order valence-corrected chi connectivity index (χ4v) is 4.94. The molecule has 3 nitrogen and oxygen atoms in total. The summed E-state index contributed by atoms with van der Waals surface area (Å²) in [6.45, 7) is 0. The largest absolute Gasteiger partial charge is 0.212 e. The SMILES string of the molecule is CS(=O)(=O)N1C2CCC1CC(Br)C2. The molecule has 2 atom stereocenters. The zero-order valence-corrected chi connectivity index (χ0v) is 10.0. The molecule has 2 heterocycles. The van der Waals surface area contributed by atoms with Crippen LogP contribution in [0.1, 0.15) is 25.7 Å². The molecule has 2 bridgehead atoms. The predicted molar refractivity (Wildman–Crippen MR) is 55.4 cm³/mol. The van der Waals surface area contributed by atoms with E-state index >= 15 is 0 Å². The normalized spacial score (nSPS) is 40.9. The van der Waals surface area contributed by atoms with Gasteiger partial charge in [0.15, 0.2) is 0 Å². The fraction of sp³-hybridized carbons (Fsp3) is 1.00. The summed E-state index contributed by atoms with van der Waals surface area (Å²) < 4.78 is 24.7. The van der Waals surface area contributed by atoms with Crippen molar-refractivity contribution < 1.29 is 8.42 Å². The van der Waals surface area contributed by atoms with Gasteiger partial charge >= 0.3 is 0 Å². The number of alkyl halides is 1. The van der Waals surface area contributed by atoms with Gasteiger partial charge in [0, 0.05) is 16.9 Å². The van der Waals surface area contributed by atoms with Gasteiger partial charge in [0.05, 0.1) is 6.26 Å². The second kappa shape index (κ2) is 3.21. The van der Waals surface area contributed by atoms with Crippen LogP contribution in [0.5, 0.6) is 0 Å². The summed E-state index contributed by atoms with van der Waals surface area (Å²) in [6, 6.07) is 0.524. The van der Waals surface area contributed by atoms with Crippen LogP contribution < -0.4 is 0 Å². The van der Waals surface area contributed by atoms with Crippen LogP contribution in [-0.2, 0) is 10.0 Å². The van der Waals surface area contributed by atoms with Crippen LogP contribution in [0, 0.1) is 0 Å². The van der Waals surface area contributed by atoms with Gasteiger partial charge in [-0.25, -0.2) is 8.42 Å². The molecule has 2 rings (SSSR count). The first kappa shape index (κ1) is 9.93. The fourth-order valence-electron chi connectivity index (χ4n) is 2.61. The summed E-state index contributed by atoms with van der Waals surface area (Å²) in [5.41, 5.74) is 0. The molecule has 2 unspecified atom stereocenters. The lowest BCUT2D eigenvalue weighted by Crippen LogP contribution is -2.46. The lowest BCUT2D eigenvalue weighted by Gasteiger charge is -2.34. The lowest BCUT2D eigenvalue weighted by atomic mass is 10.1. The van der Waals surface area contributed by atoms with Gasteiger partial charge in [-0.3, -0.25) is 0 Å². The van der Waals surface area contributed by atoms with Crippen LogP contribution in [-0.4, -0.2) is 35.9 Å². The molecule has 0 aromatic heterocycles. The molecule has 0 aromatic carbocycles. The van der Waals surface area contributed by atoms with E-state index in [4.69, 9.17) is 0 Å². The Kier molecular flexibility index (Phi) is 2.45. The van der Waals surface area contributed by atoms with Crippen LogP contribution in [0.15, 0.2) is 0 Å². The van der Waals surface area contributed by atoms with Crippen LogP contribution in [0.25, 0.3) is 0 Å². The van der Waals surface area contributed by atoms with E-state index in [9.17, 15) is 8.42 Å². The second-order valence-electron chi connectivity index (χ2n) is 4.05. The molecule has 76 valence electrons. The number of hydrogen-bond acceptors (Lipinski definition) is 2. The molecule has 0 spiro atoms. The highest BCUT2D eigenvalue weighted by molar-refractivity contribution is 9.09. The van der Waals surface area contributed by atoms with Gasteiger partial charge in [-0.2, -0.15) is 4.31 Å². The number of hydrogen-bond donors (Lipinski definition) is 0. The maximum atomic E-state index is 11.5. The first-order valence-electron chi connectivity index (χ1n) is 4.61. The van der Waals surface area contributed by atoms with Crippen LogP contribution >= 0.6 is 15.9 Å². The van der Waals surface area contributed by atoms with Gasteiger partial charge in [0.1, 0.15) is 0 Å². The Morgan fingerprint density at radius 3 is 2.08 bits per heavy atom. The van der Waals surface area contributed by atoms with Crippen molar-refractivity contribution in [1.29, 1.82) is 0 Å². The number of fused-ring (bicyclic) bond motifs is 2. The van der Waals surface area contributed by atoms with Crippen molar-refractivity contribution in [1.82, 2.24) is 4.31 Å². The average molecular weight is 268 g/mol. The molecule has 0 radical (unpaired) electrons. The highest BCUT2D eigenvalue weighted by atomic mass is 79.9. The molecule has 0 amide bonds. The number of nitrogens with zero attached hydrogens (tertiary/aromatic N) is 1. The van der Waals surface area contributed by atoms with Crippen molar-refractivity contribution in [2.24, 2.45) is 0 Å². The molecule has 0 saturated carbocycles. The van der Waals surface area contributed by atoms with Crippen LogP contribution in [0.2, 0.25) is 0 Å². The van der Waals surface area contributed by atoms with Crippen LogP contribution in [0.3, 0.4) is 0 Å².